The molecule has 1 aromatic rings. The summed E-state index contributed by atoms with van der Waals surface area (Å²) in [6.45, 7) is 1.52. The van der Waals surface area contributed by atoms with Gasteiger partial charge in [-0.1, -0.05) is 12.2 Å². The molecule has 28 heavy (non-hydrogen) atoms. The molecule has 7 heteroatoms. The van der Waals surface area contributed by atoms with Crippen molar-refractivity contribution >= 4 is 12.0 Å². The molecule has 2 rings (SSSR count). The van der Waals surface area contributed by atoms with Gasteiger partial charge in [0, 0.05) is 12.0 Å². The SMILES string of the molecule is COC1=C(NC(=O)[C@@H](N)CO)C=C(/C=C\c2cc(OC)c(C)c(OC)c2)CC1. The van der Waals surface area contributed by atoms with Gasteiger partial charge in [-0.05, 0) is 42.7 Å². The van der Waals surface area contributed by atoms with Crippen molar-refractivity contribution in [3.8, 4) is 11.5 Å². The minimum absolute atomic E-state index is 0.422. The summed E-state index contributed by atoms with van der Waals surface area (Å²) < 4.78 is 16.2. The van der Waals surface area contributed by atoms with Gasteiger partial charge in [0.1, 0.15) is 23.3 Å². The first-order valence-electron chi connectivity index (χ1n) is 8.99. The van der Waals surface area contributed by atoms with Crippen molar-refractivity contribution in [1.29, 1.82) is 0 Å². The molecule has 0 saturated heterocycles. The molecule has 0 fully saturated rings. The summed E-state index contributed by atoms with van der Waals surface area (Å²) >= 11 is 0. The van der Waals surface area contributed by atoms with Gasteiger partial charge in [-0.2, -0.15) is 0 Å². The molecule has 0 bridgehead atoms. The molecule has 0 spiro atoms. The fraction of sp³-hybridized carbons (Fsp3) is 0.381. The van der Waals surface area contributed by atoms with Crippen molar-refractivity contribution in [3.63, 3.8) is 0 Å². The van der Waals surface area contributed by atoms with Crippen LogP contribution in [-0.2, 0) is 9.53 Å². The molecule has 0 saturated carbocycles. The molecular weight excluding hydrogens is 360 g/mol. The van der Waals surface area contributed by atoms with E-state index in [9.17, 15) is 4.79 Å². The normalized spacial score (nSPS) is 15.3. The molecule has 0 heterocycles. The molecule has 1 aliphatic rings. The molecule has 0 unspecified atom stereocenters. The van der Waals surface area contributed by atoms with Gasteiger partial charge in [-0.3, -0.25) is 4.79 Å². The Morgan fingerprint density at radius 3 is 2.36 bits per heavy atom. The second-order valence-electron chi connectivity index (χ2n) is 6.42. The van der Waals surface area contributed by atoms with Crippen LogP contribution in [0.4, 0.5) is 0 Å². The topological polar surface area (TPSA) is 103 Å². The van der Waals surface area contributed by atoms with Gasteiger partial charge in [0.2, 0.25) is 5.91 Å². The van der Waals surface area contributed by atoms with Crippen LogP contribution in [-0.4, -0.2) is 45.0 Å². The number of methoxy groups -OCH3 is 3. The maximum absolute atomic E-state index is 12.0. The van der Waals surface area contributed by atoms with Crippen LogP contribution in [0.5, 0.6) is 11.5 Å². The summed E-state index contributed by atoms with van der Waals surface area (Å²) in [5, 5.41) is 11.8. The third kappa shape index (κ3) is 5.15. The molecule has 1 atom stereocenters. The number of ether oxygens (including phenoxy) is 3. The number of carbonyl (C=O) groups excluding carboxylic acids is 1. The lowest BCUT2D eigenvalue weighted by Gasteiger charge is -2.19. The molecule has 7 nitrogen and oxygen atoms in total. The van der Waals surface area contributed by atoms with Crippen molar-refractivity contribution in [3.05, 3.63) is 52.4 Å². The van der Waals surface area contributed by atoms with Gasteiger partial charge in [0.25, 0.3) is 0 Å². The highest BCUT2D eigenvalue weighted by Gasteiger charge is 2.18. The van der Waals surface area contributed by atoms with Gasteiger partial charge in [0.15, 0.2) is 0 Å². The fourth-order valence-electron chi connectivity index (χ4n) is 2.89. The Balaban J connectivity index is 2.26. The number of benzene rings is 1. The van der Waals surface area contributed by atoms with Crippen LogP contribution < -0.4 is 20.5 Å². The van der Waals surface area contributed by atoms with Crippen LogP contribution in [0.2, 0.25) is 0 Å². The van der Waals surface area contributed by atoms with Crippen LogP contribution in [0.1, 0.15) is 24.0 Å². The monoisotopic (exact) mass is 388 g/mol. The fourth-order valence-corrected chi connectivity index (χ4v) is 2.89. The Hall–Kier alpha value is -2.77. The molecule has 1 aliphatic carbocycles. The molecule has 152 valence electrons. The highest BCUT2D eigenvalue weighted by Crippen LogP contribution is 2.31. The second kappa shape index (κ2) is 9.96. The molecule has 4 N–H and O–H groups in total. The minimum Gasteiger partial charge on any atom is -0.499 e. The molecule has 0 radical (unpaired) electrons. The molecule has 0 aromatic heterocycles. The summed E-state index contributed by atoms with van der Waals surface area (Å²) in [6, 6.07) is 2.90. The van der Waals surface area contributed by atoms with E-state index in [0.717, 1.165) is 34.6 Å². The predicted molar refractivity (Wildman–Crippen MR) is 108 cm³/mol. The molecule has 0 aliphatic heterocycles. The van der Waals surface area contributed by atoms with E-state index in [1.54, 1.807) is 21.3 Å². The second-order valence-corrected chi connectivity index (χ2v) is 6.42. The molecule has 1 aromatic carbocycles. The van der Waals surface area contributed by atoms with Crippen LogP contribution in [0.25, 0.3) is 6.08 Å². The Morgan fingerprint density at radius 1 is 1.18 bits per heavy atom. The Kier molecular flexibility index (Phi) is 7.66. The van der Waals surface area contributed by atoms with Gasteiger partial charge in [-0.25, -0.2) is 0 Å². The zero-order chi connectivity index (χ0) is 20.7. The number of hydrogen-bond donors (Lipinski definition) is 3. The first-order chi connectivity index (χ1) is 13.4. The third-order valence-corrected chi connectivity index (χ3v) is 4.57. The van der Waals surface area contributed by atoms with E-state index >= 15 is 0 Å². The van der Waals surface area contributed by atoms with Crippen molar-refractivity contribution in [2.45, 2.75) is 25.8 Å². The van der Waals surface area contributed by atoms with Crippen LogP contribution in [0.3, 0.4) is 0 Å². The number of aliphatic hydroxyl groups excluding tert-OH is 1. The number of carbonyl (C=O) groups is 1. The number of aliphatic hydroxyl groups is 1. The molecular formula is C21H28N2O5. The maximum Gasteiger partial charge on any atom is 0.243 e. The summed E-state index contributed by atoms with van der Waals surface area (Å²) in [7, 11) is 4.82. The van der Waals surface area contributed by atoms with Crippen molar-refractivity contribution in [1.82, 2.24) is 5.32 Å². The average molecular weight is 388 g/mol. The van der Waals surface area contributed by atoms with E-state index in [1.165, 1.54) is 0 Å². The first-order valence-corrected chi connectivity index (χ1v) is 8.99. The highest BCUT2D eigenvalue weighted by molar-refractivity contribution is 5.83. The van der Waals surface area contributed by atoms with Crippen molar-refractivity contribution in [2.24, 2.45) is 5.73 Å². The van der Waals surface area contributed by atoms with E-state index in [1.807, 2.05) is 37.3 Å². The number of amides is 1. The zero-order valence-electron chi connectivity index (χ0n) is 16.7. The smallest absolute Gasteiger partial charge is 0.243 e. The zero-order valence-corrected chi connectivity index (χ0v) is 16.7. The predicted octanol–water partition coefficient (Wildman–Crippen LogP) is 2.04. The summed E-state index contributed by atoms with van der Waals surface area (Å²) in [5.41, 5.74) is 9.03. The van der Waals surface area contributed by atoms with E-state index in [2.05, 4.69) is 5.32 Å². The van der Waals surface area contributed by atoms with Crippen LogP contribution >= 0.6 is 0 Å². The Labute approximate surface area is 165 Å². The lowest BCUT2D eigenvalue weighted by atomic mass is 9.99. The van der Waals surface area contributed by atoms with Crippen LogP contribution in [0.15, 0.2) is 41.3 Å². The summed E-state index contributed by atoms with van der Waals surface area (Å²) in [6.07, 6.45) is 7.22. The Bertz CT molecular complexity index is 786. The molecule has 1 amide bonds. The highest BCUT2D eigenvalue weighted by atomic mass is 16.5. The van der Waals surface area contributed by atoms with Gasteiger partial charge in [0.05, 0.1) is 33.6 Å². The van der Waals surface area contributed by atoms with Crippen LogP contribution in [0, 0.1) is 6.92 Å². The number of nitrogens with two attached hydrogens (primary N) is 1. The number of allylic oxidation sites excluding steroid dienone is 4. The number of rotatable bonds is 8. The third-order valence-electron chi connectivity index (χ3n) is 4.57. The first kappa shape index (κ1) is 21.5. The quantitative estimate of drug-likeness (QED) is 0.630. The number of nitrogens with one attached hydrogen (secondary N) is 1. The van der Waals surface area contributed by atoms with Gasteiger partial charge < -0.3 is 30.4 Å². The summed E-state index contributed by atoms with van der Waals surface area (Å²) in [4.78, 5) is 12.0. The number of hydrogen-bond acceptors (Lipinski definition) is 6. The largest absolute Gasteiger partial charge is 0.499 e. The van der Waals surface area contributed by atoms with E-state index in [-0.39, 0.29) is 0 Å². The lowest BCUT2D eigenvalue weighted by Crippen LogP contribution is -2.42. The minimum atomic E-state index is -0.979. The van der Waals surface area contributed by atoms with Gasteiger partial charge >= 0.3 is 0 Å². The average Bonchev–Trinajstić information content (AvgIpc) is 2.72. The summed E-state index contributed by atoms with van der Waals surface area (Å²) in [5.74, 6) is 1.73. The van der Waals surface area contributed by atoms with Crippen molar-refractivity contribution < 1.29 is 24.1 Å². The standard InChI is InChI=1S/C21H28N2O5/c1-13-19(27-3)10-15(11-20(13)28-4)6-5-14-7-8-18(26-2)17(9-14)23-21(25)16(22)12-24/h5-6,9-11,16,24H,7-8,12,22H2,1-4H3,(H,23,25)/b6-5-/t16-/m0/s1. The maximum atomic E-state index is 12.0. The van der Waals surface area contributed by atoms with E-state index in [0.29, 0.717) is 17.9 Å². The van der Waals surface area contributed by atoms with E-state index < -0.39 is 18.6 Å². The Morgan fingerprint density at radius 2 is 1.82 bits per heavy atom. The lowest BCUT2D eigenvalue weighted by molar-refractivity contribution is -0.122. The van der Waals surface area contributed by atoms with E-state index in [4.69, 9.17) is 25.1 Å². The van der Waals surface area contributed by atoms with Gasteiger partial charge in [-0.15, -0.1) is 0 Å². The van der Waals surface area contributed by atoms with Crippen molar-refractivity contribution in [2.75, 3.05) is 27.9 Å².